The summed E-state index contributed by atoms with van der Waals surface area (Å²) in [4.78, 5) is 26.1. The summed E-state index contributed by atoms with van der Waals surface area (Å²) in [7, 11) is 0. The molecule has 1 amide bonds. The predicted molar refractivity (Wildman–Crippen MR) is 88.2 cm³/mol. The second-order valence-electron chi connectivity index (χ2n) is 5.92. The number of likely N-dealkylation sites (tertiary alicyclic amines) is 1. The Kier molecular flexibility index (Phi) is 6.02. The molecule has 1 heterocycles. The standard InChI is InChI=1S/C18H25NO4/c1-3-7-15-8-5-6-9-19(15)17(20)13-10-14(18(21)22)12-16(11-13)23-4-2/h10-12,15H,3-9H2,1-2H3,(H,21,22). The van der Waals surface area contributed by atoms with Crippen molar-refractivity contribution < 1.29 is 19.4 Å². The lowest BCUT2D eigenvalue weighted by Gasteiger charge is -2.36. The maximum atomic E-state index is 12.9. The normalized spacial score (nSPS) is 17.8. The van der Waals surface area contributed by atoms with Gasteiger partial charge in [-0.25, -0.2) is 4.79 Å². The fourth-order valence-corrected chi connectivity index (χ4v) is 3.16. The Hall–Kier alpha value is -2.04. The summed E-state index contributed by atoms with van der Waals surface area (Å²) >= 11 is 0. The molecule has 5 heteroatoms. The van der Waals surface area contributed by atoms with Gasteiger partial charge >= 0.3 is 5.97 Å². The molecule has 1 aromatic carbocycles. The summed E-state index contributed by atoms with van der Waals surface area (Å²) in [5, 5.41) is 9.25. The zero-order valence-corrected chi connectivity index (χ0v) is 13.9. The summed E-state index contributed by atoms with van der Waals surface area (Å²) in [5.41, 5.74) is 0.486. The molecule has 1 atom stereocenters. The van der Waals surface area contributed by atoms with E-state index < -0.39 is 5.97 Å². The molecule has 1 aliphatic rings. The van der Waals surface area contributed by atoms with Gasteiger partial charge in [-0.1, -0.05) is 13.3 Å². The fraction of sp³-hybridized carbons (Fsp3) is 0.556. The zero-order chi connectivity index (χ0) is 16.8. The monoisotopic (exact) mass is 319 g/mol. The SMILES string of the molecule is CCCC1CCCCN1C(=O)c1cc(OCC)cc(C(=O)O)c1. The minimum atomic E-state index is -1.05. The van der Waals surface area contributed by atoms with Crippen molar-refractivity contribution in [3.8, 4) is 5.75 Å². The van der Waals surface area contributed by atoms with E-state index in [4.69, 9.17) is 4.74 Å². The molecule has 0 aromatic heterocycles. The molecular weight excluding hydrogens is 294 g/mol. The lowest BCUT2D eigenvalue weighted by molar-refractivity contribution is 0.0600. The average Bonchev–Trinajstić information content (AvgIpc) is 2.55. The van der Waals surface area contributed by atoms with Crippen LogP contribution in [0.5, 0.6) is 5.75 Å². The Morgan fingerprint density at radius 2 is 1.96 bits per heavy atom. The molecular formula is C18H25NO4. The van der Waals surface area contributed by atoms with Gasteiger partial charge in [0.05, 0.1) is 12.2 Å². The number of aromatic carboxylic acids is 1. The van der Waals surface area contributed by atoms with Gasteiger partial charge in [0.1, 0.15) is 5.75 Å². The number of rotatable bonds is 6. The molecule has 1 N–H and O–H groups in total. The number of benzene rings is 1. The number of nitrogens with zero attached hydrogens (tertiary/aromatic N) is 1. The molecule has 0 radical (unpaired) electrons. The van der Waals surface area contributed by atoms with Crippen LogP contribution in [0.3, 0.4) is 0 Å². The summed E-state index contributed by atoms with van der Waals surface area (Å²) < 4.78 is 5.42. The molecule has 1 fully saturated rings. The van der Waals surface area contributed by atoms with Crippen molar-refractivity contribution in [2.45, 2.75) is 52.0 Å². The van der Waals surface area contributed by atoms with Crippen molar-refractivity contribution in [1.29, 1.82) is 0 Å². The van der Waals surface area contributed by atoms with Crippen LogP contribution < -0.4 is 4.74 Å². The van der Waals surface area contributed by atoms with Crippen molar-refractivity contribution in [3.05, 3.63) is 29.3 Å². The highest BCUT2D eigenvalue weighted by Gasteiger charge is 2.27. The summed E-state index contributed by atoms with van der Waals surface area (Å²) in [5.74, 6) is -0.712. The highest BCUT2D eigenvalue weighted by molar-refractivity contribution is 5.98. The molecule has 0 aliphatic carbocycles. The molecule has 0 spiro atoms. The molecule has 23 heavy (non-hydrogen) atoms. The van der Waals surface area contributed by atoms with Crippen LogP contribution in [0.25, 0.3) is 0 Å². The van der Waals surface area contributed by atoms with Gasteiger partial charge in [0.15, 0.2) is 0 Å². The lowest BCUT2D eigenvalue weighted by Crippen LogP contribution is -2.43. The van der Waals surface area contributed by atoms with E-state index in [9.17, 15) is 14.7 Å². The highest BCUT2D eigenvalue weighted by atomic mass is 16.5. The molecule has 0 saturated carbocycles. The molecule has 1 aliphatic heterocycles. The van der Waals surface area contributed by atoms with Crippen LogP contribution >= 0.6 is 0 Å². The van der Waals surface area contributed by atoms with Gasteiger partial charge in [-0.2, -0.15) is 0 Å². The number of piperidine rings is 1. The van der Waals surface area contributed by atoms with E-state index in [1.54, 1.807) is 6.07 Å². The fourth-order valence-electron chi connectivity index (χ4n) is 3.16. The van der Waals surface area contributed by atoms with Crippen LogP contribution in [-0.2, 0) is 0 Å². The average molecular weight is 319 g/mol. The maximum Gasteiger partial charge on any atom is 0.335 e. The van der Waals surface area contributed by atoms with E-state index in [-0.39, 0.29) is 17.5 Å². The van der Waals surface area contributed by atoms with Gasteiger partial charge in [-0.05, 0) is 50.8 Å². The van der Waals surface area contributed by atoms with Crippen LogP contribution in [0.1, 0.15) is 66.7 Å². The molecule has 1 saturated heterocycles. The first-order valence-electron chi connectivity index (χ1n) is 8.39. The van der Waals surface area contributed by atoms with E-state index in [1.807, 2.05) is 11.8 Å². The summed E-state index contributed by atoms with van der Waals surface area (Å²) in [6, 6.07) is 4.81. The number of carboxylic acid groups (broad SMARTS) is 1. The van der Waals surface area contributed by atoms with Crippen molar-refractivity contribution in [1.82, 2.24) is 4.90 Å². The van der Waals surface area contributed by atoms with Crippen LogP contribution in [0.2, 0.25) is 0 Å². The number of ether oxygens (including phenoxy) is 1. The maximum absolute atomic E-state index is 12.9. The molecule has 0 bridgehead atoms. The van der Waals surface area contributed by atoms with Crippen LogP contribution in [0.15, 0.2) is 18.2 Å². The van der Waals surface area contributed by atoms with E-state index in [2.05, 4.69) is 6.92 Å². The Morgan fingerprint density at radius 1 is 1.22 bits per heavy atom. The first kappa shape index (κ1) is 17.3. The smallest absolute Gasteiger partial charge is 0.335 e. The van der Waals surface area contributed by atoms with Gasteiger partial charge in [-0.15, -0.1) is 0 Å². The van der Waals surface area contributed by atoms with Crippen molar-refractivity contribution in [3.63, 3.8) is 0 Å². The Labute approximate surface area is 137 Å². The van der Waals surface area contributed by atoms with Crippen LogP contribution in [-0.4, -0.2) is 41.1 Å². The van der Waals surface area contributed by atoms with Crippen molar-refractivity contribution in [2.75, 3.05) is 13.2 Å². The van der Waals surface area contributed by atoms with Crippen molar-refractivity contribution >= 4 is 11.9 Å². The van der Waals surface area contributed by atoms with Gasteiger partial charge in [0.2, 0.25) is 0 Å². The van der Waals surface area contributed by atoms with Crippen LogP contribution in [0, 0.1) is 0 Å². The minimum Gasteiger partial charge on any atom is -0.494 e. The first-order chi connectivity index (χ1) is 11.1. The number of hydrogen-bond acceptors (Lipinski definition) is 3. The Morgan fingerprint density at radius 3 is 2.61 bits per heavy atom. The number of hydrogen-bond donors (Lipinski definition) is 1. The lowest BCUT2D eigenvalue weighted by atomic mass is 9.97. The summed E-state index contributed by atoms with van der Waals surface area (Å²) in [6.07, 6.45) is 5.20. The third-order valence-corrected chi connectivity index (χ3v) is 4.22. The third-order valence-electron chi connectivity index (χ3n) is 4.22. The molecule has 1 aromatic rings. The van der Waals surface area contributed by atoms with E-state index >= 15 is 0 Å². The second-order valence-corrected chi connectivity index (χ2v) is 5.92. The third kappa shape index (κ3) is 4.24. The quantitative estimate of drug-likeness (QED) is 0.870. The first-order valence-corrected chi connectivity index (χ1v) is 8.39. The Bertz CT molecular complexity index is 568. The summed E-state index contributed by atoms with van der Waals surface area (Å²) in [6.45, 7) is 5.12. The molecule has 5 nitrogen and oxygen atoms in total. The van der Waals surface area contributed by atoms with Gasteiger partial charge in [0.25, 0.3) is 5.91 Å². The number of carbonyl (C=O) groups excluding carboxylic acids is 1. The molecule has 2 rings (SSSR count). The minimum absolute atomic E-state index is 0.0864. The van der Waals surface area contributed by atoms with Gasteiger partial charge in [-0.3, -0.25) is 4.79 Å². The van der Waals surface area contributed by atoms with Gasteiger partial charge < -0.3 is 14.7 Å². The number of carbonyl (C=O) groups is 2. The number of amides is 1. The molecule has 126 valence electrons. The van der Waals surface area contributed by atoms with E-state index in [0.29, 0.717) is 17.9 Å². The Balaban J connectivity index is 2.30. The zero-order valence-electron chi connectivity index (χ0n) is 13.9. The highest BCUT2D eigenvalue weighted by Crippen LogP contribution is 2.25. The second kappa shape index (κ2) is 7.99. The van der Waals surface area contributed by atoms with Crippen LogP contribution in [0.4, 0.5) is 0 Å². The van der Waals surface area contributed by atoms with Crippen molar-refractivity contribution in [2.24, 2.45) is 0 Å². The van der Waals surface area contributed by atoms with E-state index in [1.165, 1.54) is 12.1 Å². The largest absolute Gasteiger partial charge is 0.494 e. The predicted octanol–water partition coefficient (Wildman–Crippen LogP) is 3.58. The topological polar surface area (TPSA) is 66.8 Å². The molecule has 1 unspecified atom stereocenters. The van der Waals surface area contributed by atoms with Gasteiger partial charge in [0, 0.05) is 18.2 Å². The van der Waals surface area contributed by atoms with E-state index in [0.717, 1.165) is 38.6 Å². The number of carboxylic acids is 1.